The monoisotopic (exact) mass is 388 g/mol. The number of rotatable bonds is 8. The van der Waals surface area contributed by atoms with Crippen molar-refractivity contribution in [1.29, 1.82) is 0 Å². The second-order valence-corrected chi connectivity index (χ2v) is 7.35. The number of ether oxygens (including phenoxy) is 1. The first-order valence-electron chi connectivity index (χ1n) is 9.75. The molecule has 1 aromatic rings. The highest BCUT2D eigenvalue weighted by Gasteiger charge is 2.39. The van der Waals surface area contributed by atoms with Gasteiger partial charge in [0.05, 0.1) is 25.3 Å². The number of nitrogens with zero attached hydrogens (tertiary/aromatic N) is 2. The first-order valence-corrected chi connectivity index (χ1v) is 9.75. The van der Waals surface area contributed by atoms with Crippen LogP contribution in [0.15, 0.2) is 24.3 Å². The van der Waals surface area contributed by atoms with Crippen LogP contribution in [0.1, 0.15) is 25.7 Å². The molecule has 2 aliphatic heterocycles. The zero-order valence-electron chi connectivity index (χ0n) is 16.2. The molecule has 0 unspecified atom stereocenters. The lowest BCUT2D eigenvalue weighted by Crippen LogP contribution is -2.41. The molecule has 2 saturated heterocycles. The van der Waals surface area contributed by atoms with Gasteiger partial charge in [-0.15, -0.1) is 0 Å². The summed E-state index contributed by atoms with van der Waals surface area (Å²) in [5.41, 5.74) is 5.93. The number of nitrogens with one attached hydrogen (secondary N) is 1. The Morgan fingerprint density at radius 3 is 2.50 bits per heavy atom. The van der Waals surface area contributed by atoms with E-state index in [0.29, 0.717) is 18.0 Å². The molecule has 0 aliphatic carbocycles. The van der Waals surface area contributed by atoms with Gasteiger partial charge in [0, 0.05) is 5.92 Å². The normalized spacial score (nSPS) is 21.3. The lowest BCUT2D eigenvalue weighted by atomic mass is 9.96. The van der Waals surface area contributed by atoms with E-state index in [1.54, 1.807) is 31.4 Å². The van der Waals surface area contributed by atoms with E-state index in [9.17, 15) is 14.4 Å². The lowest BCUT2D eigenvalue weighted by molar-refractivity contribution is -0.123. The molecule has 1 aromatic carbocycles. The molecule has 2 aliphatic rings. The molecule has 152 valence electrons. The predicted octanol–water partition coefficient (Wildman–Crippen LogP) is 0.504. The minimum Gasteiger partial charge on any atom is -0.497 e. The minimum absolute atomic E-state index is 0.000403. The molecule has 3 amide bonds. The van der Waals surface area contributed by atoms with Crippen molar-refractivity contribution in [3.63, 3.8) is 0 Å². The number of anilines is 1. The van der Waals surface area contributed by atoms with Gasteiger partial charge in [-0.05, 0) is 69.7 Å². The maximum absolute atomic E-state index is 12.6. The van der Waals surface area contributed by atoms with Gasteiger partial charge in [-0.25, -0.2) is 4.90 Å². The lowest BCUT2D eigenvalue weighted by Gasteiger charge is -2.30. The number of likely N-dealkylation sites (tertiary alicyclic amines) is 1. The molecule has 28 heavy (non-hydrogen) atoms. The van der Waals surface area contributed by atoms with Crippen LogP contribution < -0.4 is 20.7 Å². The quantitative estimate of drug-likeness (QED) is 0.496. The van der Waals surface area contributed by atoms with Crippen LogP contribution >= 0.6 is 0 Å². The molecule has 0 aromatic heterocycles. The Bertz CT molecular complexity index is 713. The Kier molecular flexibility index (Phi) is 6.64. The molecule has 2 fully saturated rings. The van der Waals surface area contributed by atoms with Gasteiger partial charge in [0.1, 0.15) is 5.75 Å². The fraction of sp³-hybridized carbons (Fsp3) is 0.550. The van der Waals surface area contributed by atoms with E-state index in [2.05, 4.69) is 10.2 Å². The van der Waals surface area contributed by atoms with Crippen LogP contribution in [0.4, 0.5) is 5.69 Å². The van der Waals surface area contributed by atoms with Gasteiger partial charge < -0.3 is 20.7 Å². The van der Waals surface area contributed by atoms with E-state index in [1.807, 2.05) is 0 Å². The van der Waals surface area contributed by atoms with Crippen molar-refractivity contribution in [2.75, 3.05) is 38.2 Å². The largest absolute Gasteiger partial charge is 0.497 e. The number of hydrogen-bond donors (Lipinski definition) is 2. The van der Waals surface area contributed by atoms with E-state index in [4.69, 9.17) is 10.5 Å². The Balaban J connectivity index is 1.42. The summed E-state index contributed by atoms with van der Waals surface area (Å²) in [4.78, 5) is 39.7. The minimum atomic E-state index is -0.477. The average molecular weight is 388 g/mol. The third kappa shape index (κ3) is 4.69. The van der Waals surface area contributed by atoms with Gasteiger partial charge in [-0.2, -0.15) is 0 Å². The fourth-order valence-corrected chi connectivity index (χ4v) is 3.81. The van der Waals surface area contributed by atoms with Crippen molar-refractivity contribution in [1.82, 2.24) is 10.2 Å². The van der Waals surface area contributed by atoms with Gasteiger partial charge in [-0.3, -0.25) is 14.4 Å². The molecule has 0 bridgehead atoms. The topological polar surface area (TPSA) is 105 Å². The first-order chi connectivity index (χ1) is 13.5. The standard InChI is InChI=1S/C20H28N4O4/c1-28-16-5-3-15(4-6-16)24-18(25)13-17(20(24)27)22-9-2-10-23-11-7-14(8-12-23)19(21)26/h3-6,14,17,22H,2,7-13H2,1H3,(H2,21,26)/t17-/m0/s1. The second kappa shape index (κ2) is 9.16. The summed E-state index contributed by atoms with van der Waals surface area (Å²) in [6, 6.07) is 6.42. The van der Waals surface area contributed by atoms with Crippen molar-refractivity contribution >= 4 is 23.4 Å². The summed E-state index contributed by atoms with van der Waals surface area (Å²) in [6.07, 6.45) is 2.68. The maximum atomic E-state index is 12.6. The molecule has 3 rings (SSSR count). The van der Waals surface area contributed by atoms with Gasteiger partial charge in [0.2, 0.25) is 11.8 Å². The van der Waals surface area contributed by atoms with Crippen LogP contribution in [0, 0.1) is 5.92 Å². The van der Waals surface area contributed by atoms with Crippen molar-refractivity contribution in [3.05, 3.63) is 24.3 Å². The Morgan fingerprint density at radius 1 is 1.21 bits per heavy atom. The number of imide groups is 1. The smallest absolute Gasteiger partial charge is 0.251 e. The van der Waals surface area contributed by atoms with Crippen LogP contribution in [-0.2, 0) is 14.4 Å². The number of nitrogens with two attached hydrogens (primary N) is 1. The van der Waals surface area contributed by atoms with Crippen molar-refractivity contribution in [3.8, 4) is 5.75 Å². The molecule has 2 heterocycles. The number of benzene rings is 1. The SMILES string of the molecule is COc1ccc(N2C(=O)C[C@H](NCCCN3CCC(C(N)=O)CC3)C2=O)cc1. The average Bonchev–Trinajstić information content (AvgIpc) is 2.99. The number of carbonyl (C=O) groups excluding carboxylic acids is 3. The Hall–Kier alpha value is -2.45. The molecule has 3 N–H and O–H groups in total. The zero-order chi connectivity index (χ0) is 20.1. The van der Waals surface area contributed by atoms with Crippen LogP contribution in [-0.4, -0.2) is 62.0 Å². The molecular formula is C20H28N4O4. The molecular weight excluding hydrogens is 360 g/mol. The summed E-state index contributed by atoms with van der Waals surface area (Å²) in [6.45, 7) is 3.31. The van der Waals surface area contributed by atoms with E-state index in [-0.39, 0.29) is 30.1 Å². The van der Waals surface area contributed by atoms with Gasteiger partial charge in [-0.1, -0.05) is 0 Å². The van der Waals surface area contributed by atoms with E-state index in [0.717, 1.165) is 38.9 Å². The number of carbonyl (C=O) groups is 3. The van der Waals surface area contributed by atoms with E-state index >= 15 is 0 Å². The summed E-state index contributed by atoms with van der Waals surface area (Å²) < 4.78 is 5.11. The van der Waals surface area contributed by atoms with E-state index in [1.165, 1.54) is 4.90 Å². The van der Waals surface area contributed by atoms with Gasteiger partial charge >= 0.3 is 0 Å². The predicted molar refractivity (Wildman–Crippen MR) is 105 cm³/mol. The third-order valence-electron chi connectivity index (χ3n) is 5.51. The van der Waals surface area contributed by atoms with Crippen molar-refractivity contribution in [2.24, 2.45) is 11.7 Å². The molecule has 8 heteroatoms. The molecule has 1 atom stereocenters. The Labute approximate surface area is 165 Å². The zero-order valence-corrected chi connectivity index (χ0v) is 16.2. The Morgan fingerprint density at radius 2 is 1.89 bits per heavy atom. The number of amides is 3. The summed E-state index contributed by atoms with van der Waals surface area (Å²) in [5, 5.41) is 3.21. The van der Waals surface area contributed by atoms with Crippen LogP contribution in [0.5, 0.6) is 5.75 Å². The number of hydrogen-bond acceptors (Lipinski definition) is 6. The molecule has 8 nitrogen and oxygen atoms in total. The third-order valence-corrected chi connectivity index (χ3v) is 5.51. The van der Waals surface area contributed by atoms with Crippen LogP contribution in [0.3, 0.4) is 0 Å². The number of primary amides is 1. The maximum Gasteiger partial charge on any atom is 0.251 e. The second-order valence-electron chi connectivity index (χ2n) is 7.35. The van der Waals surface area contributed by atoms with Crippen molar-refractivity contribution < 1.29 is 19.1 Å². The highest BCUT2D eigenvalue weighted by atomic mass is 16.5. The fourth-order valence-electron chi connectivity index (χ4n) is 3.81. The van der Waals surface area contributed by atoms with Gasteiger partial charge in [0.15, 0.2) is 0 Å². The molecule has 0 spiro atoms. The van der Waals surface area contributed by atoms with Crippen molar-refractivity contribution in [2.45, 2.75) is 31.7 Å². The number of piperidine rings is 1. The molecule has 0 saturated carbocycles. The highest BCUT2D eigenvalue weighted by Crippen LogP contribution is 2.25. The van der Waals surface area contributed by atoms with Crippen LogP contribution in [0.2, 0.25) is 0 Å². The molecule has 0 radical (unpaired) electrons. The summed E-state index contributed by atoms with van der Waals surface area (Å²) in [7, 11) is 1.57. The number of methoxy groups -OCH3 is 1. The first kappa shape index (κ1) is 20.3. The highest BCUT2D eigenvalue weighted by molar-refractivity contribution is 6.22. The van der Waals surface area contributed by atoms with Gasteiger partial charge in [0.25, 0.3) is 5.91 Å². The summed E-state index contributed by atoms with van der Waals surface area (Å²) in [5.74, 6) is 0.0728. The van der Waals surface area contributed by atoms with Crippen LogP contribution in [0.25, 0.3) is 0 Å². The summed E-state index contributed by atoms with van der Waals surface area (Å²) >= 11 is 0. The van der Waals surface area contributed by atoms with E-state index < -0.39 is 6.04 Å².